The average molecular weight is 547 g/mol. The molecule has 0 spiro atoms. The van der Waals surface area contributed by atoms with E-state index in [1.807, 2.05) is 0 Å². The first-order valence-corrected chi connectivity index (χ1v) is 12.8. The number of sulfonamides is 1. The molecule has 0 aliphatic carbocycles. The monoisotopic (exact) mass is 546 g/mol. The van der Waals surface area contributed by atoms with Gasteiger partial charge in [-0.2, -0.15) is 0 Å². The quantitative estimate of drug-likeness (QED) is 0.283. The lowest BCUT2D eigenvalue weighted by atomic mass is 9.93. The van der Waals surface area contributed by atoms with E-state index in [-0.39, 0.29) is 21.3 Å². The summed E-state index contributed by atoms with van der Waals surface area (Å²) >= 11 is 6.29. The second kappa shape index (κ2) is 9.64. The maximum atomic E-state index is 13.3. The summed E-state index contributed by atoms with van der Waals surface area (Å²) in [7, 11) is -4.00. The smallest absolute Gasteiger partial charge is 0.263 e. The Morgan fingerprint density at radius 1 is 1.06 bits per heavy atom. The van der Waals surface area contributed by atoms with Crippen LogP contribution in [0.3, 0.4) is 0 Å². The lowest BCUT2D eigenvalue weighted by Crippen LogP contribution is -2.62. The Balaban J connectivity index is 1.70. The van der Waals surface area contributed by atoms with Crippen molar-refractivity contribution in [2.75, 3.05) is 9.62 Å². The number of rotatable bonds is 6. The maximum absolute atomic E-state index is 13.3. The number of thiazole rings is 1. The number of nitrogens with zero attached hydrogens (tertiary/aromatic N) is 3. The maximum Gasteiger partial charge on any atom is 0.263 e. The molecule has 3 amide bonds. The van der Waals surface area contributed by atoms with Gasteiger partial charge >= 0.3 is 0 Å². The van der Waals surface area contributed by atoms with E-state index in [1.54, 1.807) is 5.38 Å². The van der Waals surface area contributed by atoms with Crippen molar-refractivity contribution in [1.82, 2.24) is 9.88 Å². The fraction of sp³-hybridized carbons (Fsp3) is 0.0909. The second-order valence-electron chi connectivity index (χ2n) is 7.39. The molecule has 1 aliphatic heterocycles. The van der Waals surface area contributed by atoms with Gasteiger partial charge in [0, 0.05) is 24.1 Å². The van der Waals surface area contributed by atoms with Crippen LogP contribution in [-0.4, -0.2) is 46.9 Å². The van der Waals surface area contributed by atoms with E-state index in [9.17, 15) is 32.0 Å². The predicted molar refractivity (Wildman–Crippen MR) is 131 cm³/mol. The van der Waals surface area contributed by atoms with E-state index < -0.39 is 50.4 Å². The van der Waals surface area contributed by atoms with Crippen LogP contribution in [0.2, 0.25) is 0 Å². The van der Waals surface area contributed by atoms with Crippen LogP contribution in [0.15, 0.2) is 65.0 Å². The summed E-state index contributed by atoms with van der Waals surface area (Å²) in [6.07, 6.45) is 1.43. The minimum Gasteiger partial charge on any atom is -0.293 e. The first kappa shape index (κ1) is 25.2. The number of thiocarbonyl (C=S) groups is 1. The molecule has 14 heteroatoms. The van der Waals surface area contributed by atoms with Crippen LogP contribution in [0, 0.1) is 11.7 Å². The Bertz CT molecular complexity index is 1490. The van der Waals surface area contributed by atoms with Crippen molar-refractivity contribution in [3.05, 3.63) is 71.5 Å². The molecule has 1 aromatic heterocycles. The fourth-order valence-electron chi connectivity index (χ4n) is 3.41. The number of hydrogen-bond donors (Lipinski definition) is 1. The SMILES string of the molecule is CC(=O)N1C(=O)C(C(=O)c2ccc(F)cc2)C(=O)N(c2ccc(S(=O)(=O)Nc3nccs3)cc2)C1=S. The largest absolute Gasteiger partial charge is 0.293 e. The highest BCUT2D eigenvalue weighted by Crippen LogP contribution is 2.29. The molecule has 1 unspecified atom stereocenters. The van der Waals surface area contributed by atoms with Gasteiger partial charge < -0.3 is 0 Å². The zero-order valence-corrected chi connectivity index (χ0v) is 20.7. The van der Waals surface area contributed by atoms with E-state index in [4.69, 9.17) is 12.2 Å². The minimum atomic E-state index is -4.00. The first-order chi connectivity index (χ1) is 17.0. The molecule has 1 fully saturated rings. The van der Waals surface area contributed by atoms with Crippen LogP contribution in [0.5, 0.6) is 0 Å². The van der Waals surface area contributed by atoms with Gasteiger partial charge in [0.1, 0.15) is 5.82 Å². The molecule has 2 heterocycles. The summed E-state index contributed by atoms with van der Waals surface area (Å²) < 4.78 is 40.8. The number of carbonyl (C=O) groups excluding carboxylic acids is 4. The zero-order chi connectivity index (χ0) is 26.2. The molecule has 0 radical (unpaired) electrons. The Kier molecular flexibility index (Phi) is 6.75. The Morgan fingerprint density at radius 3 is 2.25 bits per heavy atom. The number of amides is 3. The fourth-order valence-corrected chi connectivity index (χ4v) is 5.61. The van der Waals surface area contributed by atoms with Gasteiger partial charge in [-0.15, -0.1) is 11.3 Å². The average Bonchev–Trinajstić information content (AvgIpc) is 3.32. The number of carbonyl (C=O) groups is 4. The number of aromatic nitrogens is 1. The van der Waals surface area contributed by atoms with E-state index in [0.717, 1.165) is 47.4 Å². The number of imide groups is 1. The molecule has 2 aromatic carbocycles. The van der Waals surface area contributed by atoms with Crippen LogP contribution in [0.4, 0.5) is 15.2 Å². The van der Waals surface area contributed by atoms with Crippen LogP contribution >= 0.6 is 23.6 Å². The lowest BCUT2D eigenvalue weighted by Gasteiger charge is -2.37. The van der Waals surface area contributed by atoms with Crippen molar-refractivity contribution in [3.63, 3.8) is 0 Å². The molecule has 36 heavy (non-hydrogen) atoms. The van der Waals surface area contributed by atoms with Crippen molar-refractivity contribution in [3.8, 4) is 0 Å². The third kappa shape index (κ3) is 4.65. The summed E-state index contributed by atoms with van der Waals surface area (Å²) in [5.41, 5.74) is -0.0945. The lowest BCUT2D eigenvalue weighted by molar-refractivity contribution is -0.143. The van der Waals surface area contributed by atoms with Gasteiger partial charge in [-0.25, -0.2) is 22.7 Å². The molecule has 1 N–H and O–H groups in total. The van der Waals surface area contributed by atoms with Crippen LogP contribution in [0.1, 0.15) is 17.3 Å². The highest BCUT2D eigenvalue weighted by atomic mass is 32.2. The van der Waals surface area contributed by atoms with Gasteiger partial charge in [0.05, 0.1) is 10.6 Å². The molecular formula is C22H15FN4O6S3. The van der Waals surface area contributed by atoms with Crippen LogP contribution in [0.25, 0.3) is 0 Å². The predicted octanol–water partition coefficient (Wildman–Crippen LogP) is 2.59. The molecule has 1 aliphatic rings. The molecule has 10 nitrogen and oxygen atoms in total. The highest BCUT2D eigenvalue weighted by Gasteiger charge is 2.49. The zero-order valence-electron chi connectivity index (χ0n) is 18.2. The third-order valence-electron chi connectivity index (χ3n) is 5.08. The van der Waals surface area contributed by atoms with E-state index >= 15 is 0 Å². The molecule has 0 saturated carbocycles. The van der Waals surface area contributed by atoms with E-state index in [1.165, 1.54) is 30.5 Å². The number of Topliss-reactive ketones (excluding diaryl/α,β-unsaturated/α-hetero) is 1. The number of halogens is 1. The van der Waals surface area contributed by atoms with E-state index in [2.05, 4.69) is 9.71 Å². The van der Waals surface area contributed by atoms with Crippen molar-refractivity contribution in [2.24, 2.45) is 5.92 Å². The van der Waals surface area contributed by atoms with Gasteiger partial charge in [-0.3, -0.25) is 28.8 Å². The third-order valence-corrected chi connectivity index (χ3v) is 7.62. The van der Waals surface area contributed by atoms with Gasteiger partial charge in [-0.05, 0) is 60.7 Å². The number of anilines is 2. The number of benzene rings is 2. The molecule has 184 valence electrons. The van der Waals surface area contributed by atoms with Gasteiger partial charge in [0.15, 0.2) is 21.9 Å². The van der Waals surface area contributed by atoms with Crippen LogP contribution < -0.4 is 9.62 Å². The Hall–Kier alpha value is -3.88. The molecule has 1 saturated heterocycles. The Labute approximate surface area is 213 Å². The molecular weight excluding hydrogens is 531 g/mol. The number of hydrogen-bond acceptors (Lipinski definition) is 9. The van der Waals surface area contributed by atoms with Gasteiger partial charge in [0.2, 0.25) is 5.91 Å². The van der Waals surface area contributed by atoms with Crippen molar-refractivity contribution in [2.45, 2.75) is 11.8 Å². The Morgan fingerprint density at radius 2 is 1.69 bits per heavy atom. The summed E-state index contributed by atoms with van der Waals surface area (Å²) in [5.74, 6) is -6.52. The normalized spacial score (nSPS) is 16.3. The van der Waals surface area contributed by atoms with E-state index in [0.29, 0.717) is 4.90 Å². The number of nitrogens with one attached hydrogen (secondary N) is 1. The minimum absolute atomic E-state index is 0.0221. The highest BCUT2D eigenvalue weighted by molar-refractivity contribution is 7.93. The van der Waals surface area contributed by atoms with Gasteiger partial charge in [-0.1, -0.05) is 0 Å². The first-order valence-electron chi connectivity index (χ1n) is 10.1. The topological polar surface area (TPSA) is 134 Å². The molecule has 0 bridgehead atoms. The van der Waals surface area contributed by atoms with Crippen molar-refractivity contribution in [1.29, 1.82) is 0 Å². The van der Waals surface area contributed by atoms with Crippen LogP contribution in [-0.2, 0) is 24.4 Å². The summed E-state index contributed by atoms with van der Waals surface area (Å²) in [5, 5.41) is 1.26. The molecule has 4 rings (SSSR count). The standard InChI is InChI=1S/C22H15FN4O6S3/c1-12(28)26-19(30)17(18(29)13-2-4-14(23)5-3-13)20(31)27(22(26)34)15-6-8-16(9-7-15)36(32,33)25-21-24-10-11-35-21/h2-11,17H,1H3,(H,24,25). The van der Waals surface area contributed by atoms with Gasteiger partial charge in [0.25, 0.3) is 21.8 Å². The van der Waals surface area contributed by atoms with Crippen molar-refractivity contribution >= 4 is 73.0 Å². The second-order valence-corrected chi connectivity index (χ2v) is 10.3. The summed E-state index contributed by atoms with van der Waals surface area (Å²) in [6, 6.07) is 9.08. The number of ketones is 1. The summed E-state index contributed by atoms with van der Waals surface area (Å²) in [4.78, 5) is 56.6. The molecule has 3 aromatic rings. The molecule has 1 atom stereocenters. The summed E-state index contributed by atoms with van der Waals surface area (Å²) in [6.45, 7) is 1.04. The van der Waals surface area contributed by atoms with Crippen molar-refractivity contribution < 1.29 is 32.0 Å².